The fourth-order valence-corrected chi connectivity index (χ4v) is 2.32. The third-order valence-electron chi connectivity index (χ3n) is 2.79. The second-order valence-electron chi connectivity index (χ2n) is 4.01. The van der Waals surface area contributed by atoms with Crippen LogP contribution in [-0.4, -0.2) is 7.05 Å². The molecule has 0 saturated carbocycles. The van der Waals surface area contributed by atoms with Crippen LogP contribution in [0.3, 0.4) is 0 Å². The van der Waals surface area contributed by atoms with Crippen LogP contribution in [-0.2, 0) is 0 Å². The molecule has 0 radical (unpaired) electrons. The van der Waals surface area contributed by atoms with E-state index in [2.05, 4.69) is 40.3 Å². The largest absolute Gasteiger partial charge is 0.313 e. The van der Waals surface area contributed by atoms with E-state index in [1.807, 2.05) is 13.1 Å². The molecular weight excluding hydrogens is 286 g/mol. The van der Waals surface area contributed by atoms with Gasteiger partial charge in [-0.2, -0.15) is 0 Å². The molecule has 16 heavy (non-hydrogen) atoms. The summed E-state index contributed by atoms with van der Waals surface area (Å²) in [4.78, 5) is 0. The minimum absolute atomic E-state index is 0.431. The molecule has 0 saturated heterocycles. The quantitative estimate of drug-likeness (QED) is 0.734. The first kappa shape index (κ1) is 14.0. The second kappa shape index (κ2) is 7.31. The van der Waals surface area contributed by atoms with Gasteiger partial charge in [0.25, 0.3) is 0 Å². The predicted octanol–water partition coefficient (Wildman–Crippen LogP) is 4.94. The Morgan fingerprint density at radius 3 is 2.69 bits per heavy atom. The zero-order valence-electron chi connectivity index (χ0n) is 9.89. The number of hydrogen-bond donors (Lipinski definition) is 1. The third kappa shape index (κ3) is 4.08. The maximum Gasteiger partial charge on any atom is 0.0548 e. The average molecular weight is 305 g/mol. The lowest BCUT2D eigenvalue weighted by Crippen LogP contribution is -2.16. The zero-order valence-corrected chi connectivity index (χ0v) is 12.2. The van der Waals surface area contributed by atoms with Crippen molar-refractivity contribution in [3.63, 3.8) is 0 Å². The molecule has 1 unspecified atom stereocenters. The lowest BCUT2D eigenvalue weighted by molar-refractivity contribution is 0.512. The van der Waals surface area contributed by atoms with Gasteiger partial charge in [0.05, 0.1) is 5.02 Å². The Balaban J connectivity index is 2.67. The third-order valence-corrected chi connectivity index (χ3v) is 4.00. The van der Waals surface area contributed by atoms with Crippen molar-refractivity contribution in [3.8, 4) is 0 Å². The molecule has 1 nitrogen and oxygen atoms in total. The summed E-state index contributed by atoms with van der Waals surface area (Å²) in [6, 6.07) is 6.58. The molecule has 1 N–H and O–H groups in total. The molecule has 0 fully saturated rings. The Morgan fingerprint density at radius 1 is 1.38 bits per heavy atom. The highest BCUT2D eigenvalue weighted by Gasteiger charge is 2.09. The molecule has 0 aromatic heterocycles. The van der Waals surface area contributed by atoms with Gasteiger partial charge < -0.3 is 5.32 Å². The summed E-state index contributed by atoms with van der Waals surface area (Å²) in [5, 5.41) is 4.13. The first-order valence-corrected chi connectivity index (χ1v) is 6.98. The first-order chi connectivity index (χ1) is 7.69. The van der Waals surface area contributed by atoms with Crippen LogP contribution in [0.4, 0.5) is 0 Å². The van der Waals surface area contributed by atoms with E-state index in [-0.39, 0.29) is 0 Å². The van der Waals surface area contributed by atoms with E-state index < -0.39 is 0 Å². The van der Waals surface area contributed by atoms with Crippen molar-refractivity contribution in [1.82, 2.24) is 5.32 Å². The van der Waals surface area contributed by atoms with Gasteiger partial charge in [0, 0.05) is 10.5 Å². The zero-order chi connectivity index (χ0) is 12.0. The van der Waals surface area contributed by atoms with Crippen LogP contribution in [0.25, 0.3) is 0 Å². The Kier molecular flexibility index (Phi) is 6.40. The molecule has 1 rings (SSSR count). The highest BCUT2D eigenvalue weighted by Crippen LogP contribution is 2.28. The molecule has 1 aromatic carbocycles. The maximum atomic E-state index is 5.99. The van der Waals surface area contributed by atoms with Gasteiger partial charge in [-0.15, -0.1) is 0 Å². The molecule has 0 heterocycles. The average Bonchev–Trinajstić information content (AvgIpc) is 2.29. The van der Waals surface area contributed by atoms with Gasteiger partial charge in [-0.3, -0.25) is 0 Å². The van der Waals surface area contributed by atoms with Crippen LogP contribution in [0.15, 0.2) is 22.7 Å². The first-order valence-electron chi connectivity index (χ1n) is 5.81. The Morgan fingerprint density at radius 2 is 2.12 bits per heavy atom. The van der Waals surface area contributed by atoms with Crippen molar-refractivity contribution < 1.29 is 0 Å². The van der Waals surface area contributed by atoms with Crippen molar-refractivity contribution in [3.05, 3.63) is 33.3 Å². The summed E-state index contributed by atoms with van der Waals surface area (Å²) >= 11 is 9.45. The maximum absolute atomic E-state index is 5.99. The fourth-order valence-electron chi connectivity index (χ4n) is 1.81. The molecule has 3 heteroatoms. The molecule has 90 valence electrons. The lowest BCUT2D eigenvalue weighted by Gasteiger charge is -2.17. The molecule has 0 aliphatic carbocycles. The smallest absolute Gasteiger partial charge is 0.0548 e. The molecular formula is C13H19BrClN. The van der Waals surface area contributed by atoms with E-state index >= 15 is 0 Å². The minimum Gasteiger partial charge on any atom is -0.313 e. The van der Waals surface area contributed by atoms with Crippen molar-refractivity contribution in [2.45, 2.75) is 38.6 Å². The highest BCUT2D eigenvalue weighted by molar-refractivity contribution is 9.10. The lowest BCUT2D eigenvalue weighted by atomic mass is 10.0. The number of hydrogen-bond acceptors (Lipinski definition) is 1. The Bertz CT molecular complexity index is 328. The van der Waals surface area contributed by atoms with Crippen molar-refractivity contribution >= 4 is 27.5 Å². The van der Waals surface area contributed by atoms with E-state index in [0.29, 0.717) is 6.04 Å². The number of unbranched alkanes of at least 4 members (excludes halogenated alkanes) is 2. The Labute approximate surface area is 112 Å². The van der Waals surface area contributed by atoms with Gasteiger partial charge in [0.15, 0.2) is 0 Å². The minimum atomic E-state index is 0.431. The molecule has 0 aliphatic rings. The van der Waals surface area contributed by atoms with E-state index in [4.69, 9.17) is 11.6 Å². The predicted molar refractivity (Wildman–Crippen MR) is 75.1 cm³/mol. The van der Waals surface area contributed by atoms with Gasteiger partial charge in [0.2, 0.25) is 0 Å². The molecule has 0 amide bonds. The van der Waals surface area contributed by atoms with Gasteiger partial charge >= 0.3 is 0 Å². The molecule has 1 aromatic rings. The van der Waals surface area contributed by atoms with Crippen LogP contribution in [0, 0.1) is 0 Å². The van der Waals surface area contributed by atoms with Crippen molar-refractivity contribution in [1.29, 1.82) is 0 Å². The van der Waals surface area contributed by atoms with Gasteiger partial charge in [-0.25, -0.2) is 0 Å². The fraction of sp³-hybridized carbons (Fsp3) is 0.538. The Hall–Kier alpha value is -0.0500. The van der Waals surface area contributed by atoms with Crippen LogP contribution >= 0.6 is 27.5 Å². The van der Waals surface area contributed by atoms with Gasteiger partial charge in [-0.1, -0.05) is 43.9 Å². The van der Waals surface area contributed by atoms with E-state index in [9.17, 15) is 0 Å². The number of benzene rings is 1. The molecule has 0 spiro atoms. The topological polar surface area (TPSA) is 12.0 Å². The van der Waals surface area contributed by atoms with Gasteiger partial charge in [-0.05, 0) is 47.1 Å². The molecule has 0 bridgehead atoms. The van der Waals surface area contributed by atoms with Crippen LogP contribution < -0.4 is 5.32 Å². The highest BCUT2D eigenvalue weighted by atomic mass is 79.9. The SMILES string of the molecule is CCCCCC(NC)c1ccc(Cl)c(Br)c1. The van der Waals surface area contributed by atoms with Crippen LogP contribution in [0.2, 0.25) is 5.02 Å². The summed E-state index contributed by atoms with van der Waals surface area (Å²) < 4.78 is 0.974. The van der Waals surface area contributed by atoms with Crippen molar-refractivity contribution in [2.75, 3.05) is 7.05 Å². The standard InChI is InChI=1S/C13H19BrClN/c1-3-4-5-6-13(16-2)10-7-8-12(15)11(14)9-10/h7-9,13,16H,3-6H2,1-2H3. The summed E-state index contributed by atoms with van der Waals surface area (Å²) in [6.45, 7) is 2.23. The molecule has 1 atom stereocenters. The monoisotopic (exact) mass is 303 g/mol. The van der Waals surface area contributed by atoms with Gasteiger partial charge in [0.1, 0.15) is 0 Å². The summed E-state index contributed by atoms with van der Waals surface area (Å²) in [7, 11) is 2.01. The number of halogens is 2. The summed E-state index contributed by atoms with van der Waals surface area (Å²) in [6.07, 6.45) is 5.01. The van der Waals surface area contributed by atoms with Crippen LogP contribution in [0.1, 0.15) is 44.2 Å². The van der Waals surface area contributed by atoms with E-state index in [1.54, 1.807) is 0 Å². The number of nitrogens with one attached hydrogen (secondary N) is 1. The second-order valence-corrected chi connectivity index (χ2v) is 5.27. The van der Waals surface area contributed by atoms with E-state index in [0.717, 1.165) is 9.50 Å². The van der Waals surface area contributed by atoms with Crippen molar-refractivity contribution in [2.24, 2.45) is 0 Å². The number of rotatable bonds is 6. The van der Waals surface area contributed by atoms with Crippen LogP contribution in [0.5, 0.6) is 0 Å². The summed E-state index contributed by atoms with van der Waals surface area (Å²) in [5.41, 5.74) is 1.30. The van der Waals surface area contributed by atoms with E-state index in [1.165, 1.54) is 31.2 Å². The normalized spacial score (nSPS) is 12.8. The molecule has 0 aliphatic heterocycles. The summed E-state index contributed by atoms with van der Waals surface area (Å²) in [5.74, 6) is 0.